The molecule has 2 heterocycles. The highest BCUT2D eigenvalue weighted by Crippen LogP contribution is 2.36. The number of nitrogens with one attached hydrogen (secondary N) is 1. The maximum atomic E-state index is 13.3. The smallest absolute Gasteiger partial charge is 0.256 e. The SMILES string of the molecule is CCCCCN1CCC(c2coc3ccc(NC(=O)c4ccccc4C(=O)c4ccccc4)cc23)CC1. The van der Waals surface area contributed by atoms with Crippen LogP contribution in [0.2, 0.25) is 0 Å². The molecule has 1 fully saturated rings. The third kappa shape index (κ3) is 5.67. The van der Waals surface area contributed by atoms with E-state index in [4.69, 9.17) is 4.42 Å². The van der Waals surface area contributed by atoms with Crippen LogP contribution >= 0.6 is 0 Å². The van der Waals surface area contributed by atoms with Gasteiger partial charge in [0.25, 0.3) is 5.91 Å². The van der Waals surface area contributed by atoms with Crippen LogP contribution in [0.25, 0.3) is 11.0 Å². The van der Waals surface area contributed by atoms with Crippen LogP contribution in [-0.4, -0.2) is 36.2 Å². The topological polar surface area (TPSA) is 62.6 Å². The lowest BCUT2D eigenvalue weighted by atomic mass is 9.89. The highest BCUT2D eigenvalue weighted by molar-refractivity contribution is 6.17. The largest absolute Gasteiger partial charge is 0.464 e. The van der Waals surface area contributed by atoms with E-state index in [9.17, 15) is 9.59 Å². The number of likely N-dealkylation sites (tertiary alicyclic amines) is 1. The van der Waals surface area contributed by atoms with Crippen molar-refractivity contribution in [1.82, 2.24) is 4.90 Å². The maximum absolute atomic E-state index is 13.3. The third-order valence-electron chi connectivity index (χ3n) is 7.42. The van der Waals surface area contributed by atoms with Crippen molar-refractivity contribution < 1.29 is 14.0 Å². The van der Waals surface area contributed by atoms with Crippen molar-refractivity contribution in [2.75, 3.05) is 25.0 Å². The molecule has 1 saturated heterocycles. The molecule has 5 nitrogen and oxygen atoms in total. The van der Waals surface area contributed by atoms with Gasteiger partial charge in [0.2, 0.25) is 0 Å². The molecule has 5 heteroatoms. The number of amides is 1. The van der Waals surface area contributed by atoms with E-state index in [1.807, 2.05) is 42.7 Å². The lowest BCUT2D eigenvalue weighted by molar-refractivity contribution is 0.0996. The highest BCUT2D eigenvalue weighted by atomic mass is 16.3. The number of ketones is 1. The first kappa shape index (κ1) is 25.0. The summed E-state index contributed by atoms with van der Waals surface area (Å²) in [6.45, 7) is 5.67. The lowest BCUT2D eigenvalue weighted by Crippen LogP contribution is -2.33. The van der Waals surface area contributed by atoms with Gasteiger partial charge in [0, 0.05) is 27.8 Å². The fourth-order valence-electron chi connectivity index (χ4n) is 5.32. The van der Waals surface area contributed by atoms with Gasteiger partial charge in [-0.2, -0.15) is 0 Å². The molecular weight excluding hydrogens is 460 g/mol. The molecule has 3 aromatic carbocycles. The number of fused-ring (bicyclic) bond motifs is 1. The quantitative estimate of drug-likeness (QED) is 0.196. The van der Waals surface area contributed by atoms with Crippen LogP contribution in [-0.2, 0) is 0 Å². The summed E-state index contributed by atoms with van der Waals surface area (Å²) in [5, 5.41) is 4.06. The summed E-state index contributed by atoms with van der Waals surface area (Å²) in [4.78, 5) is 28.9. The summed E-state index contributed by atoms with van der Waals surface area (Å²) in [6.07, 6.45) is 7.95. The van der Waals surface area contributed by atoms with Crippen LogP contribution in [0.1, 0.15) is 76.8 Å². The Kier molecular flexibility index (Phi) is 7.81. The van der Waals surface area contributed by atoms with Crippen molar-refractivity contribution in [3.8, 4) is 0 Å². The molecule has 0 radical (unpaired) electrons. The van der Waals surface area contributed by atoms with Crippen molar-refractivity contribution in [2.24, 2.45) is 0 Å². The van der Waals surface area contributed by atoms with Crippen LogP contribution in [0.15, 0.2) is 83.5 Å². The van der Waals surface area contributed by atoms with Crippen molar-refractivity contribution >= 4 is 28.3 Å². The average Bonchev–Trinajstić information content (AvgIpc) is 3.37. The Morgan fingerprint density at radius 3 is 2.41 bits per heavy atom. The Bertz CT molecular complexity index is 1370. The first-order valence-electron chi connectivity index (χ1n) is 13.4. The monoisotopic (exact) mass is 494 g/mol. The molecular formula is C32H34N2O3. The Labute approximate surface area is 218 Å². The molecule has 4 aromatic rings. The number of unbranched alkanes of at least 4 members (excludes halogenated alkanes) is 2. The normalized spacial score (nSPS) is 14.6. The van der Waals surface area contributed by atoms with E-state index in [1.54, 1.807) is 36.4 Å². The number of carbonyl (C=O) groups excluding carboxylic acids is 2. The molecule has 1 aliphatic rings. The van der Waals surface area contributed by atoms with E-state index in [-0.39, 0.29) is 11.7 Å². The van der Waals surface area contributed by atoms with E-state index in [2.05, 4.69) is 17.1 Å². The first-order chi connectivity index (χ1) is 18.1. The number of benzene rings is 3. The van der Waals surface area contributed by atoms with E-state index >= 15 is 0 Å². The minimum atomic E-state index is -0.301. The van der Waals surface area contributed by atoms with Crippen LogP contribution in [0, 0.1) is 0 Å². The lowest BCUT2D eigenvalue weighted by Gasteiger charge is -2.31. The van der Waals surface area contributed by atoms with E-state index in [0.717, 1.165) is 36.9 Å². The van der Waals surface area contributed by atoms with Crippen molar-refractivity contribution in [3.63, 3.8) is 0 Å². The minimum absolute atomic E-state index is 0.167. The molecule has 0 atom stereocenters. The third-order valence-corrected chi connectivity index (χ3v) is 7.42. The molecule has 0 saturated carbocycles. The summed E-state index contributed by atoms with van der Waals surface area (Å²) in [5.74, 6) is -0.0107. The predicted octanol–water partition coefficient (Wildman–Crippen LogP) is 7.29. The zero-order valence-electron chi connectivity index (χ0n) is 21.4. The Morgan fingerprint density at radius 2 is 1.65 bits per heavy atom. The summed E-state index contributed by atoms with van der Waals surface area (Å²) in [5.41, 5.74) is 4.06. The molecule has 1 aliphatic heterocycles. The number of carbonyl (C=O) groups is 2. The number of anilines is 1. The Balaban J connectivity index is 1.31. The standard InChI is InChI=1S/C32H34N2O3/c1-2-3-9-18-34-19-16-23(17-20-34)29-22-37-30-15-14-25(21-28(29)30)33-32(36)27-13-8-7-12-26(27)31(35)24-10-5-4-6-11-24/h4-8,10-15,21-23H,2-3,9,16-20H2,1H3,(H,33,36). The molecule has 0 bridgehead atoms. The van der Waals surface area contributed by atoms with Crippen LogP contribution in [0.5, 0.6) is 0 Å². The second kappa shape index (κ2) is 11.6. The zero-order chi connectivity index (χ0) is 25.6. The molecule has 5 rings (SSSR count). The molecule has 1 N–H and O–H groups in total. The number of furan rings is 1. The second-order valence-corrected chi connectivity index (χ2v) is 9.92. The van der Waals surface area contributed by atoms with Gasteiger partial charge in [-0.25, -0.2) is 0 Å². The number of nitrogens with zero attached hydrogens (tertiary/aromatic N) is 1. The first-order valence-corrected chi connectivity index (χ1v) is 13.4. The number of hydrogen-bond acceptors (Lipinski definition) is 4. The fraction of sp³-hybridized carbons (Fsp3) is 0.312. The Morgan fingerprint density at radius 1 is 0.919 bits per heavy atom. The molecule has 1 amide bonds. The molecule has 0 spiro atoms. The number of rotatable bonds is 9. The molecule has 0 aliphatic carbocycles. The maximum Gasteiger partial charge on any atom is 0.256 e. The highest BCUT2D eigenvalue weighted by Gasteiger charge is 2.24. The van der Waals surface area contributed by atoms with Crippen molar-refractivity contribution in [1.29, 1.82) is 0 Å². The van der Waals surface area contributed by atoms with Gasteiger partial charge in [0.05, 0.1) is 11.8 Å². The van der Waals surface area contributed by atoms with Gasteiger partial charge in [-0.15, -0.1) is 0 Å². The van der Waals surface area contributed by atoms with Gasteiger partial charge in [0.1, 0.15) is 5.58 Å². The summed E-state index contributed by atoms with van der Waals surface area (Å²) in [6, 6.07) is 21.8. The molecule has 190 valence electrons. The van der Waals surface area contributed by atoms with Crippen LogP contribution < -0.4 is 5.32 Å². The van der Waals surface area contributed by atoms with E-state index < -0.39 is 0 Å². The summed E-state index contributed by atoms with van der Waals surface area (Å²) < 4.78 is 5.88. The van der Waals surface area contributed by atoms with Gasteiger partial charge >= 0.3 is 0 Å². The average molecular weight is 495 g/mol. The summed E-state index contributed by atoms with van der Waals surface area (Å²) in [7, 11) is 0. The second-order valence-electron chi connectivity index (χ2n) is 9.92. The fourth-order valence-corrected chi connectivity index (χ4v) is 5.32. The van der Waals surface area contributed by atoms with E-state index in [0.29, 0.717) is 28.3 Å². The number of piperidine rings is 1. The Hall–Kier alpha value is -3.70. The van der Waals surface area contributed by atoms with Crippen molar-refractivity contribution in [3.05, 3.63) is 101 Å². The van der Waals surface area contributed by atoms with Gasteiger partial charge in [-0.05, 0) is 69.1 Å². The molecule has 0 unspecified atom stereocenters. The van der Waals surface area contributed by atoms with Crippen LogP contribution in [0.4, 0.5) is 5.69 Å². The minimum Gasteiger partial charge on any atom is -0.464 e. The van der Waals surface area contributed by atoms with Gasteiger partial charge < -0.3 is 14.6 Å². The summed E-state index contributed by atoms with van der Waals surface area (Å²) >= 11 is 0. The van der Waals surface area contributed by atoms with Crippen molar-refractivity contribution in [2.45, 2.75) is 44.9 Å². The van der Waals surface area contributed by atoms with Gasteiger partial charge in [-0.3, -0.25) is 9.59 Å². The molecule has 37 heavy (non-hydrogen) atoms. The van der Waals surface area contributed by atoms with Gasteiger partial charge in [-0.1, -0.05) is 68.3 Å². The predicted molar refractivity (Wildman–Crippen MR) is 148 cm³/mol. The molecule has 1 aromatic heterocycles. The van der Waals surface area contributed by atoms with Crippen LogP contribution in [0.3, 0.4) is 0 Å². The van der Waals surface area contributed by atoms with E-state index in [1.165, 1.54) is 31.4 Å². The zero-order valence-corrected chi connectivity index (χ0v) is 21.4. The van der Waals surface area contributed by atoms with Gasteiger partial charge in [0.15, 0.2) is 5.78 Å². The number of hydrogen-bond donors (Lipinski definition) is 1.